The lowest BCUT2D eigenvalue weighted by Gasteiger charge is -2.28. The molecule has 0 aliphatic carbocycles. The number of aliphatic hydroxyl groups is 1. The van der Waals surface area contributed by atoms with Crippen LogP contribution in [0.3, 0.4) is 0 Å². The first kappa shape index (κ1) is 15.7. The van der Waals surface area contributed by atoms with E-state index in [9.17, 15) is 4.79 Å². The van der Waals surface area contributed by atoms with Gasteiger partial charge in [0.1, 0.15) is 5.01 Å². The lowest BCUT2D eigenvalue weighted by molar-refractivity contribution is -0.118. The fourth-order valence-corrected chi connectivity index (χ4v) is 2.89. The number of aliphatic hydroxyl groups excluding tert-OH is 1. The molecule has 5 heteroatoms. The predicted octanol–water partition coefficient (Wildman–Crippen LogP) is 2.98. The highest BCUT2D eigenvalue weighted by Gasteiger charge is 2.22. The van der Waals surface area contributed by atoms with Crippen LogP contribution >= 0.6 is 11.3 Å². The van der Waals surface area contributed by atoms with Crippen molar-refractivity contribution in [1.29, 1.82) is 0 Å². The molecule has 0 aliphatic rings. The third kappa shape index (κ3) is 4.12. The standard InChI is InChI=1S/C16H20N2O2S/c1-3-16(2,10-11-19)18-14(20)8-9-15-17-12-6-4-5-7-13(12)21-15/h4-9,19H,3,10-11H2,1-2H3,(H,18,20)/b9-8+. The first-order chi connectivity index (χ1) is 10.1. The Bertz CT molecular complexity index is 618. The summed E-state index contributed by atoms with van der Waals surface area (Å²) in [5, 5.41) is 12.8. The van der Waals surface area contributed by atoms with E-state index in [-0.39, 0.29) is 18.1 Å². The van der Waals surface area contributed by atoms with Crippen molar-refractivity contribution in [2.45, 2.75) is 32.2 Å². The van der Waals surface area contributed by atoms with Gasteiger partial charge in [0.15, 0.2) is 0 Å². The van der Waals surface area contributed by atoms with Crippen molar-refractivity contribution in [3.05, 3.63) is 35.3 Å². The Hall–Kier alpha value is -1.72. The van der Waals surface area contributed by atoms with Crippen molar-refractivity contribution in [2.24, 2.45) is 0 Å². The molecule has 112 valence electrons. The van der Waals surface area contributed by atoms with Crippen LogP contribution in [0.15, 0.2) is 30.3 Å². The molecule has 1 amide bonds. The number of aromatic nitrogens is 1. The molecular formula is C16H20N2O2S. The maximum atomic E-state index is 12.0. The number of nitrogens with zero attached hydrogens (tertiary/aromatic N) is 1. The van der Waals surface area contributed by atoms with Crippen LogP contribution in [0.25, 0.3) is 16.3 Å². The van der Waals surface area contributed by atoms with E-state index >= 15 is 0 Å². The second-order valence-electron chi connectivity index (χ2n) is 5.23. The highest BCUT2D eigenvalue weighted by Crippen LogP contribution is 2.22. The van der Waals surface area contributed by atoms with E-state index in [2.05, 4.69) is 10.3 Å². The Morgan fingerprint density at radius 1 is 1.48 bits per heavy atom. The summed E-state index contributed by atoms with van der Waals surface area (Å²) in [5.74, 6) is -0.160. The molecule has 1 unspecified atom stereocenters. The second kappa shape index (κ2) is 6.83. The van der Waals surface area contributed by atoms with Crippen molar-refractivity contribution in [2.75, 3.05) is 6.61 Å². The lowest BCUT2D eigenvalue weighted by Crippen LogP contribution is -2.45. The van der Waals surface area contributed by atoms with E-state index in [1.165, 1.54) is 6.08 Å². The van der Waals surface area contributed by atoms with Crippen LogP contribution in [0.1, 0.15) is 31.7 Å². The number of hydrogen-bond acceptors (Lipinski definition) is 4. The number of amides is 1. The monoisotopic (exact) mass is 304 g/mol. The average Bonchev–Trinajstić information content (AvgIpc) is 2.88. The summed E-state index contributed by atoms with van der Waals surface area (Å²) in [6.45, 7) is 3.99. The van der Waals surface area contributed by atoms with Crippen LogP contribution < -0.4 is 5.32 Å². The quantitative estimate of drug-likeness (QED) is 0.807. The van der Waals surface area contributed by atoms with Crippen LogP contribution in [0.5, 0.6) is 0 Å². The largest absolute Gasteiger partial charge is 0.396 e. The minimum atomic E-state index is -0.371. The SMILES string of the molecule is CCC(C)(CCO)NC(=O)/C=C/c1nc2ccccc2s1. The van der Waals surface area contributed by atoms with E-state index < -0.39 is 0 Å². The summed E-state index contributed by atoms with van der Waals surface area (Å²) >= 11 is 1.56. The van der Waals surface area contributed by atoms with Crippen molar-refractivity contribution < 1.29 is 9.90 Å². The Morgan fingerprint density at radius 3 is 2.90 bits per heavy atom. The summed E-state index contributed by atoms with van der Waals surface area (Å²) in [4.78, 5) is 16.4. The zero-order chi connectivity index (χ0) is 15.3. The zero-order valence-electron chi connectivity index (χ0n) is 12.3. The van der Waals surface area contributed by atoms with Gasteiger partial charge in [-0.15, -0.1) is 11.3 Å². The van der Waals surface area contributed by atoms with Crippen LogP contribution in [0.4, 0.5) is 0 Å². The van der Waals surface area contributed by atoms with Crippen molar-refractivity contribution >= 4 is 33.5 Å². The molecular weight excluding hydrogens is 284 g/mol. The maximum Gasteiger partial charge on any atom is 0.244 e. The van der Waals surface area contributed by atoms with Gasteiger partial charge >= 0.3 is 0 Å². The summed E-state index contributed by atoms with van der Waals surface area (Å²) in [6, 6.07) is 7.89. The third-order valence-electron chi connectivity index (χ3n) is 3.56. The zero-order valence-corrected chi connectivity index (χ0v) is 13.1. The van der Waals surface area contributed by atoms with Crippen LogP contribution in [-0.2, 0) is 4.79 Å². The van der Waals surface area contributed by atoms with Gasteiger partial charge in [0.2, 0.25) is 5.91 Å². The second-order valence-corrected chi connectivity index (χ2v) is 6.29. The third-order valence-corrected chi connectivity index (χ3v) is 4.56. The molecule has 21 heavy (non-hydrogen) atoms. The van der Waals surface area contributed by atoms with Gasteiger partial charge < -0.3 is 10.4 Å². The van der Waals surface area contributed by atoms with Crippen LogP contribution in [-0.4, -0.2) is 28.1 Å². The molecule has 1 aromatic carbocycles. The number of hydrogen-bond donors (Lipinski definition) is 2. The van der Waals surface area contributed by atoms with Crippen LogP contribution in [0.2, 0.25) is 0 Å². The summed E-state index contributed by atoms with van der Waals surface area (Å²) < 4.78 is 1.11. The van der Waals surface area contributed by atoms with Crippen LogP contribution in [0, 0.1) is 0 Å². The van der Waals surface area contributed by atoms with Gasteiger partial charge in [-0.05, 0) is 38.0 Å². The molecule has 0 bridgehead atoms. The Labute approximate surface area is 128 Å². The molecule has 2 aromatic rings. The summed E-state index contributed by atoms with van der Waals surface area (Å²) in [6.07, 6.45) is 4.55. The smallest absolute Gasteiger partial charge is 0.244 e. The van der Waals surface area contributed by atoms with Gasteiger partial charge in [-0.3, -0.25) is 4.79 Å². The molecule has 2 N–H and O–H groups in total. The molecule has 2 rings (SSSR count). The highest BCUT2D eigenvalue weighted by molar-refractivity contribution is 7.19. The molecule has 0 aliphatic heterocycles. The van der Waals surface area contributed by atoms with E-state index in [1.54, 1.807) is 17.4 Å². The van der Waals surface area contributed by atoms with Crippen molar-refractivity contribution in [3.63, 3.8) is 0 Å². The molecule has 1 aromatic heterocycles. The molecule has 0 spiro atoms. The van der Waals surface area contributed by atoms with E-state index in [1.807, 2.05) is 38.1 Å². The normalized spacial score (nSPS) is 14.4. The summed E-state index contributed by atoms with van der Waals surface area (Å²) in [7, 11) is 0. The summed E-state index contributed by atoms with van der Waals surface area (Å²) in [5.41, 5.74) is 0.574. The number of benzene rings is 1. The lowest BCUT2D eigenvalue weighted by atomic mass is 9.95. The number of nitrogens with one attached hydrogen (secondary N) is 1. The average molecular weight is 304 g/mol. The molecule has 0 fully saturated rings. The molecule has 0 saturated heterocycles. The number of fused-ring (bicyclic) bond motifs is 1. The first-order valence-electron chi connectivity index (χ1n) is 7.03. The molecule has 0 radical (unpaired) electrons. The Balaban J connectivity index is 2.04. The van der Waals surface area contributed by atoms with Gasteiger partial charge in [0.05, 0.1) is 10.2 Å². The molecule has 1 heterocycles. The fraction of sp³-hybridized carbons (Fsp3) is 0.375. The molecule has 4 nitrogen and oxygen atoms in total. The minimum Gasteiger partial charge on any atom is -0.396 e. The van der Waals surface area contributed by atoms with Gasteiger partial charge in [-0.25, -0.2) is 4.98 Å². The van der Waals surface area contributed by atoms with Gasteiger partial charge in [0, 0.05) is 18.2 Å². The van der Waals surface area contributed by atoms with Gasteiger partial charge in [0.25, 0.3) is 0 Å². The molecule has 1 atom stereocenters. The van der Waals surface area contributed by atoms with Gasteiger partial charge in [-0.2, -0.15) is 0 Å². The van der Waals surface area contributed by atoms with Gasteiger partial charge in [-0.1, -0.05) is 19.1 Å². The van der Waals surface area contributed by atoms with Crippen molar-refractivity contribution in [1.82, 2.24) is 10.3 Å². The van der Waals surface area contributed by atoms with E-state index in [0.29, 0.717) is 6.42 Å². The minimum absolute atomic E-state index is 0.0617. The first-order valence-corrected chi connectivity index (χ1v) is 7.84. The topological polar surface area (TPSA) is 62.2 Å². The maximum absolute atomic E-state index is 12.0. The van der Waals surface area contributed by atoms with Crippen molar-refractivity contribution in [3.8, 4) is 0 Å². The van der Waals surface area contributed by atoms with E-state index in [0.717, 1.165) is 21.6 Å². The fourth-order valence-electron chi connectivity index (χ4n) is 2.02. The number of carbonyl (C=O) groups excluding carboxylic acids is 1. The Morgan fingerprint density at radius 2 is 2.24 bits per heavy atom. The number of para-hydroxylation sites is 1. The van der Waals surface area contributed by atoms with E-state index in [4.69, 9.17) is 5.11 Å². The number of rotatable bonds is 6. The Kier molecular flexibility index (Phi) is 5.09. The number of carbonyl (C=O) groups is 1. The highest BCUT2D eigenvalue weighted by atomic mass is 32.1. The molecule has 0 saturated carbocycles. The number of thiazole rings is 1. The predicted molar refractivity (Wildman–Crippen MR) is 87.2 cm³/mol.